The normalized spacial score (nSPS) is 25.9. The number of ether oxygens (including phenoxy) is 1. The van der Waals surface area contributed by atoms with Crippen LogP contribution in [0.4, 0.5) is 0 Å². The van der Waals surface area contributed by atoms with Crippen LogP contribution >= 0.6 is 0 Å². The van der Waals surface area contributed by atoms with Crippen LogP contribution in [-0.2, 0) is 11.2 Å². The molecule has 0 spiro atoms. The van der Waals surface area contributed by atoms with E-state index < -0.39 is 0 Å². The van der Waals surface area contributed by atoms with E-state index in [2.05, 4.69) is 19.1 Å². The summed E-state index contributed by atoms with van der Waals surface area (Å²) in [5, 5.41) is 0. The molecule has 0 aromatic heterocycles. The van der Waals surface area contributed by atoms with Gasteiger partial charge in [0.25, 0.3) is 0 Å². The molecule has 0 saturated heterocycles. The van der Waals surface area contributed by atoms with Crippen molar-refractivity contribution >= 4 is 5.78 Å². The molecular formula is C17H20O2. The Hall–Kier alpha value is -1.57. The number of carbonyl (C=O) groups is 1. The van der Waals surface area contributed by atoms with E-state index in [4.69, 9.17) is 4.74 Å². The monoisotopic (exact) mass is 256 g/mol. The average Bonchev–Trinajstić information content (AvgIpc) is 2.44. The van der Waals surface area contributed by atoms with Crippen molar-refractivity contribution in [3.8, 4) is 5.75 Å². The van der Waals surface area contributed by atoms with E-state index in [-0.39, 0.29) is 5.92 Å². The Kier molecular flexibility index (Phi) is 2.96. The second-order valence-electron chi connectivity index (χ2n) is 5.77. The number of rotatable bonds is 1. The number of methoxy groups -OCH3 is 1. The number of benzene rings is 1. The summed E-state index contributed by atoms with van der Waals surface area (Å²) in [6.45, 7) is 4.06. The molecule has 100 valence electrons. The Morgan fingerprint density at radius 3 is 2.79 bits per heavy atom. The predicted octanol–water partition coefficient (Wildman–Crippen LogP) is 3.65. The molecule has 0 heterocycles. The Morgan fingerprint density at radius 2 is 2.05 bits per heavy atom. The van der Waals surface area contributed by atoms with Gasteiger partial charge in [-0.25, -0.2) is 0 Å². The number of hydrogen-bond donors (Lipinski definition) is 0. The van der Waals surface area contributed by atoms with Crippen molar-refractivity contribution in [2.75, 3.05) is 7.11 Å². The summed E-state index contributed by atoms with van der Waals surface area (Å²) in [7, 11) is 1.71. The van der Waals surface area contributed by atoms with Gasteiger partial charge in [0.05, 0.1) is 7.11 Å². The molecule has 0 saturated carbocycles. The van der Waals surface area contributed by atoms with E-state index in [1.54, 1.807) is 7.11 Å². The van der Waals surface area contributed by atoms with Gasteiger partial charge in [-0.05, 0) is 55.0 Å². The molecule has 0 amide bonds. The van der Waals surface area contributed by atoms with Crippen LogP contribution in [0.15, 0.2) is 29.3 Å². The predicted molar refractivity (Wildman–Crippen MR) is 75.5 cm³/mol. The van der Waals surface area contributed by atoms with E-state index in [1.165, 1.54) is 16.7 Å². The van der Waals surface area contributed by atoms with Crippen molar-refractivity contribution in [2.24, 2.45) is 5.92 Å². The molecule has 19 heavy (non-hydrogen) atoms. The van der Waals surface area contributed by atoms with Crippen molar-refractivity contribution in [3.05, 3.63) is 40.5 Å². The zero-order valence-corrected chi connectivity index (χ0v) is 11.8. The van der Waals surface area contributed by atoms with Crippen LogP contribution < -0.4 is 4.74 Å². The molecule has 2 aliphatic carbocycles. The summed E-state index contributed by atoms with van der Waals surface area (Å²) >= 11 is 0. The van der Waals surface area contributed by atoms with Crippen molar-refractivity contribution < 1.29 is 9.53 Å². The Morgan fingerprint density at radius 1 is 1.26 bits per heavy atom. The van der Waals surface area contributed by atoms with Crippen LogP contribution in [0.1, 0.15) is 43.7 Å². The highest BCUT2D eigenvalue weighted by Crippen LogP contribution is 2.45. The SMILES string of the molecule is COc1ccc2c(c1)C1CC(C)C(=O)C(C)=C1CC2. The standard InChI is InChI=1S/C17H20O2/c1-10-8-16-14(11(2)17(10)18)7-5-12-4-6-13(19-3)9-15(12)16/h4,6,9-10,16H,5,7-8H2,1-3H3. The molecule has 2 atom stereocenters. The van der Waals surface area contributed by atoms with Gasteiger partial charge in [-0.1, -0.05) is 18.6 Å². The number of aryl methyl sites for hydroxylation is 1. The van der Waals surface area contributed by atoms with E-state index in [9.17, 15) is 4.79 Å². The lowest BCUT2D eigenvalue weighted by Gasteiger charge is -2.35. The molecule has 0 fully saturated rings. The van der Waals surface area contributed by atoms with Crippen LogP contribution in [0.3, 0.4) is 0 Å². The second kappa shape index (κ2) is 4.52. The number of hydrogen-bond acceptors (Lipinski definition) is 2. The molecule has 2 nitrogen and oxygen atoms in total. The van der Waals surface area contributed by atoms with Gasteiger partial charge >= 0.3 is 0 Å². The first-order valence-electron chi connectivity index (χ1n) is 7.02. The number of allylic oxidation sites excluding steroid dienone is 2. The lowest BCUT2D eigenvalue weighted by Crippen LogP contribution is -2.27. The van der Waals surface area contributed by atoms with Crippen molar-refractivity contribution in [1.29, 1.82) is 0 Å². The fourth-order valence-corrected chi connectivity index (χ4v) is 3.59. The van der Waals surface area contributed by atoms with Gasteiger partial charge in [0, 0.05) is 11.8 Å². The van der Waals surface area contributed by atoms with Gasteiger partial charge in [0.2, 0.25) is 0 Å². The van der Waals surface area contributed by atoms with Crippen LogP contribution in [0, 0.1) is 5.92 Å². The zero-order valence-electron chi connectivity index (χ0n) is 11.8. The van der Waals surface area contributed by atoms with Crippen LogP contribution in [0.5, 0.6) is 5.75 Å². The minimum atomic E-state index is 0.144. The third-order valence-corrected chi connectivity index (χ3v) is 4.70. The first-order valence-corrected chi connectivity index (χ1v) is 7.02. The second-order valence-corrected chi connectivity index (χ2v) is 5.77. The largest absolute Gasteiger partial charge is 0.497 e. The fourth-order valence-electron chi connectivity index (χ4n) is 3.59. The summed E-state index contributed by atoms with van der Waals surface area (Å²) in [4.78, 5) is 12.1. The maximum absolute atomic E-state index is 12.1. The molecule has 0 bridgehead atoms. The fraction of sp³-hybridized carbons (Fsp3) is 0.471. The van der Waals surface area contributed by atoms with Gasteiger partial charge in [-0.2, -0.15) is 0 Å². The third kappa shape index (κ3) is 1.90. The molecule has 2 heteroatoms. The molecule has 0 aliphatic heterocycles. The van der Waals surface area contributed by atoms with Gasteiger partial charge < -0.3 is 4.74 Å². The third-order valence-electron chi connectivity index (χ3n) is 4.70. The molecule has 0 N–H and O–H groups in total. The van der Waals surface area contributed by atoms with E-state index in [0.29, 0.717) is 11.7 Å². The summed E-state index contributed by atoms with van der Waals surface area (Å²) in [6.07, 6.45) is 3.03. The van der Waals surface area contributed by atoms with Crippen LogP contribution in [0.2, 0.25) is 0 Å². The van der Waals surface area contributed by atoms with Crippen molar-refractivity contribution in [3.63, 3.8) is 0 Å². The van der Waals surface area contributed by atoms with Crippen LogP contribution in [-0.4, -0.2) is 12.9 Å². The molecule has 2 aliphatic rings. The quantitative estimate of drug-likeness (QED) is 0.766. The van der Waals surface area contributed by atoms with Gasteiger partial charge in [-0.15, -0.1) is 0 Å². The van der Waals surface area contributed by atoms with E-state index in [1.807, 2.05) is 13.0 Å². The minimum absolute atomic E-state index is 0.144. The van der Waals surface area contributed by atoms with Gasteiger partial charge in [-0.3, -0.25) is 4.79 Å². The van der Waals surface area contributed by atoms with E-state index in [0.717, 1.165) is 30.6 Å². The van der Waals surface area contributed by atoms with E-state index >= 15 is 0 Å². The highest BCUT2D eigenvalue weighted by Gasteiger charge is 2.35. The smallest absolute Gasteiger partial charge is 0.161 e. The lowest BCUT2D eigenvalue weighted by molar-refractivity contribution is -0.119. The summed E-state index contributed by atoms with van der Waals surface area (Å²) < 4.78 is 5.35. The summed E-state index contributed by atoms with van der Waals surface area (Å²) in [6, 6.07) is 6.38. The molecule has 1 aromatic rings. The van der Waals surface area contributed by atoms with Gasteiger partial charge in [0.15, 0.2) is 5.78 Å². The summed E-state index contributed by atoms with van der Waals surface area (Å²) in [5.74, 6) is 1.83. The number of fused-ring (bicyclic) bond motifs is 3. The number of Topliss-reactive ketones (excluding diaryl/α,β-unsaturated/α-hetero) is 1. The molecule has 2 unspecified atom stereocenters. The topological polar surface area (TPSA) is 26.3 Å². The average molecular weight is 256 g/mol. The molecular weight excluding hydrogens is 236 g/mol. The lowest BCUT2D eigenvalue weighted by atomic mass is 9.68. The first kappa shape index (κ1) is 12.5. The Bertz CT molecular complexity index is 569. The molecule has 1 aromatic carbocycles. The maximum atomic E-state index is 12.1. The molecule has 0 radical (unpaired) electrons. The zero-order chi connectivity index (χ0) is 13.6. The highest BCUT2D eigenvalue weighted by molar-refractivity contribution is 5.98. The Balaban J connectivity index is 2.12. The van der Waals surface area contributed by atoms with Crippen LogP contribution in [0.25, 0.3) is 0 Å². The summed E-state index contributed by atoms with van der Waals surface area (Å²) in [5.41, 5.74) is 5.17. The first-order chi connectivity index (χ1) is 9.11. The van der Waals surface area contributed by atoms with Crippen molar-refractivity contribution in [1.82, 2.24) is 0 Å². The minimum Gasteiger partial charge on any atom is -0.497 e. The number of carbonyl (C=O) groups excluding carboxylic acids is 1. The van der Waals surface area contributed by atoms with Gasteiger partial charge in [0.1, 0.15) is 5.75 Å². The number of ketones is 1. The maximum Gasteiger partial charge on any atom is 0.161 e. The highest BCUT2D eigenvalue weighted by atomic mass is 16.5. The molecule has 3 rings (SSSR count). The van der Waals surface area contributed by atoms with Crippen molar-refractivity contribution in [2.45, 2.75) is 39.0 Å². The Labute approximate surface area is 114 Å².